The molecule has 0 amide bonds. The predicted octanol–water partition coefficient (Wildman–Crippen LogP) is 1.82. The van der Waals surface area contributed by atoms with Crippen LogP contribution in [0.15, 0.2) is 0 Å². The lowest BCUT2D eigenvalue weighted by atomic mass is 9.87. The molecule has 3 unspecified atom stereocenters. The lowest BCUT2D eigenvalue weighted by Gasteiger charge is -2.27. The van der Waals surface area contributed by atoms with Gasteiger partial charge >= 0.3 is 0 Å². The molecular formula is C12H22N2O. The summed E-state index contributed by atoms with van der Waals surface area (Å²) < 4.78 is 0. The average molecular weight is 210 g/mol. The minimum Gasteiger partial charge on any atom is -0.393 e. The van der Waals surface area contributed by atoms with Crippen LogP contribution in [-0.2, 0) is 0 Å². The second kappa shape index (κ2) is 6.81. The highest BCUT2D eigenvalue weighted by atomic mass is 16.3. The van der Waals surface area contributed by atoms with Gasteiger partial charge < -0.3 is 10.4 Å². The molecule has 0 heterocycles. The Morgan fingerprint density at radius 2 is 2.33 bits per heavy atom. The maximum absolute atomic E-state index is 9.53. The molecule has 0 aromatic heterocycles. The fourth-order valence-corrected chi connectivity index (χ4v) is 2.25. The third-order valence-electron chi connectivity index (χ3n) is 3.28. The van der Waals surface area contributed by atoms with Gasteiger partial charge in [0.1, 0.15) is 0 Å². The Labute approximate surface area is 92.5 Å². The summed E-state index contributed by atoms with van der Waals surface area (Å²) in [6, 6.07) is 2.53. The fraction of sp³-hybridized carbons (Fsp3) is 0.917. The number of nitrogens with one attached hydrogen (secondary N) is 1. The second-order valence-corrected chi connectivity index (χ2v) is 4.56. The zero-order chi connectivity index (χ0) is 11.1. The number of aliphatic hydroxyl groups is 1. The van der Waals surface area contributed by atoms with Crippen molar-refractivity contribution in [3.63, 3.8) is 0 Å². The summed E-state index contributed by atoms with van der Waals surface area (Å²) >= 11 is 0. The van der Waals surface area contributed by atoms with Crippen LogP contribution in [0.25, 0.3) is 0 Å². The molecule has 1 aliphatic carbocycles. The van der Waals surface area contributed by atoms with Crippen LogP contribution in [-0.4, -0.2) is 23.8 Å². The van der Waals surface area contributed by atoms with Gasteiger partial charge in [-0.15, -0.1) is 0 Å². The molecule has 1 fully saturated rings. The van der Waals surface area contributed by atoms with Gasteiger partial charge in [0.05, 0.1) is 18.6 Å². The molecule has 0 aromatic rings. The zero-order valence-corrected chi connectivity index (χ0v) is 9.58. The number of nitrogens with zero attached hydrogens (tertiary/aromatic N) is 1. The van der Waals surface area contributed by atoms with Crippen molar-refractivity contribution in [2.75, 3.05) is 6.54 Å². The first kappa shape index (κ1) is 12.5. The molecule has 1 rings (SSSR count). The van der Waals surface area contributed by atoms with Crippen molar-refractivity contribution in [1.82, 2.24) is 5.32 Å². The number of aliphatic hydroxyl groups excluding tert-OH is 1. The molecule has 0 aliphatic heterocycles. The van der Waals surface area contributed by atoms with Gasteiger partial charge in [0.2, 0.25) is 0 Å². The lowest BCUT2D eigenvalue weighted by Crippen LogP contribution is -2.35. The van der Waals surface area contributed by atoms with E-state index >= 15 is 0 Å². The van der Waals surface area contributed by atoms with E-state index in [0.29, 0.717) is 18.4 Å². The summed E-state index contributed by atoms with van der Waals surface area (Å²) in [5, 5.41) is 21.6. The molecule has 86 valence electrons. The van der Waals surface area contributed by atoms with E-state index in [0.717, 1.165) is 32.2 Å². The summed E-state index contributed by atoms with van der Waals surface area (Å²) in [5.74, 6) is 0.599. The first-order valence-electron chi connectivity index (χ1n) is 6.04. The first-order chi connectivity index (χ1) is 7.26. The lowest BCUT2D eigenvalue weighted by molar-refractivity contribution is 0.0996. The maximum atomic E-state index is 9.53. The van der Waals surface area contributed by atoms with Crippen molar-refractivity contribution in [1.29, 1.82) is 5.26 Å². The summed E-state index contributed by atoms with van der Waals surface area (Å²) in [6.45, 7) is 3.06. The zero-order valence-electron chi connectivity index (χ0n) is 9.58. The van der Waals surface area contributed by atoms with Gasteiger partial charge in [0.15, 0.2) is 0 Å². The highest BCUT2D eigenvalue weighted by Crippen LogP contribution is 2.23. The van der Waals surface area contributed by atoms with E-state index in [4.69, 9.17) is 5.26 Å². The maximum Gasteiger partial charge on any atom is 0.0638 e. The van der Waals surface area contributed by atoms with Crippen LogP contribution < -0.4 is 5.32 Å². The summed E-state index contributed by atoms with van der Waals surface area (Å²) in [6.07, 6.45) is 5.74. The highest BCUT2D eigenvalue weighted by Gasteiger charge is 2.20. The first-order valence-corrected chi connectivity index (χ1v) is 6.04. The van der Waals surface area contributed by atoms with Gasteiger partial charge in [-0.2, -0.15) is 5.26 Å². The van der Waals surface area contributed by atoms with Gasteiger partial charge in [-0.1, -0.05) is 13.3 Å². The Morgan fingerprint density at radius 1 is 1.53 bits per heavy atom. The fourth-order valence-electron chi connectivity index (χ4n) is 2.25. The van der Waals surface area contributed by atoms with Crippen LogP contribution in [0, 0.1) is 17.2 Å². The topological polar surface area (TPSA) is 56.0 Å². The predicted molar refractivity (Wildman–Crippen MR) is 60.3 cm³/mol. The quantitative estimate of drug-likeness (QED) is 0.727. The van der Waals surface area contributed by atoms with E-state index in [1.165, 1.54) is 6.42 Å². The van der Waals surface area contributed by atoms with E-state index in [1.807, 2.05) is 0 Å². The Balaban J connectivity index is 2.20. The summed E-state index contributed by atoms with van der Waals surface area (Å²) in [4.78, 5) is 0. The van der Waals surface area contributed by atoms with E-state index in [2.05, 4.69) is 18.3 Å². The molecular weight excluding hydrogens is 188 g/mol. The van der Waals surface area contributed by atoms with E-state index in [9.17, 15) is 5.11 Å². The SMILES string of the molecule is CCC(CC#N)NCC1CCCC(O)C1. The van der Waals surface area contributed by atoms with Crippen LogP contribution in [0.3, 0.4) is 0 Å². The molecule has 0 aromatic carbocycles. The Morgan fingerprint density at radius 3 is 2.93 bits per heavy atom. The van der Waals surface area contributed by atoms with Gasteiger partial charge in [-0.05, 0) is 38.1 Å². The standard InChI is InChI=1S/C12H22N2O/c1-2-11(6-7-13)14-9-10-4-3-5-12(15)8-10/h10-12,14-15H,2-6,8-9H2,1H3. The molecule has 3 heteroatoms. The molecule has 0 radical (unpaired) electrons. The van der Waals surface area contributed by atoms with Crippen molar-refractivity contribution in [2.45, 2.75) is 57.6 Å². The van der Waals surface area contributed by atoms with E-state index in [-0.39, 0.29) is 6.10 Å². The van der Waals surface area contributed by atoms with Crippen molar-refractivity contribution < 1.29 is 5.11 Å². The highest BCUT2D eigenvalue weighted by molar-refractivity contribution is 4.81. The monoisotopic (exact) mass is 210 g/mol. The van der Waals surface area contributed by atoms with Crippen LogP contribution in [0.2, 0.25) is 0 Å². The molecule has 0 bridgehead atoms. The smallest absolute Gasteiger partial charge is 0.0638 e. The van der Waals surface area contributed by atoms with Gasteiger partial charge in [0, 0.05) is 6.04 Å². The van der Waals surface area contributed by atoms with Gasteiger partial charge in [0.25, 0.3) is 0 Å². The van der Waals surface area contributed by atoms with Crippen molar-refractivity contribution in [3.05, 3.63) is 0 Å². The molecule has 2 N–H and O–H groups in total. The summed E-state index contributed by atoms with van der Waals surface area (Å²) in [5.41, 5.74) is 0. The normalized spacial score (nSPS) is 28.3. The third kappa shape index (κ3) is 4.63. The largest absolute Gasteiger partial charge is 0.393 e. The minimum atomic E-state index is -0.0957. The summed E-state index contributed by atoms with van der Waals surface area (Å²) in [7, 11) is 0. The Bertz CT molecular complexity index is 212. The van der Waals surface area contributed by atoms with Crippen LogP contribution in [0.5, 0.6) is 0 Å². The van der Waals surface area contributed by atoms with Crippen LogP contribution in [0.1, 0.15) is 45.4 Å². The van der Waals surface area contributed by atoms with E-state index in [1.54, 1.807) is 0 Å². The number of hydrogen-bond acceptors (Lipinski definition) is 3. The number of nitriles is 1. The van der Waals surface area contributed by atoms with Crippen molar-refractivity contribution in [3.8, 4) is 6.07 Å². The molecule has 15 heavy (non-hydrogen) atoms. The van der Waals surface area contributed by atoms with Gasteiger partial charge in [-0.25, -0.2) is 0 Å². The minimum absolute atomic E-state index is 0.0957. The number of rotatable bonds is 5. The molecule has 3 nitrogen and oxygen atoms in total. The van der Waals surface area contributed by atoms with E-state index < -0.39 is 0 Å². The van der Waals surface area contributed by atoms with Crippen molar-refractivity contribution in [2.24, 2.45) is 5.92 Å². The van der Waals surface area contributed by atoms with Crippen LogP contribution >= 0.6 is 0 Å². The molecule has 0 saturated heterocycles. The Hall–Kier alpha value is -0.590. The van der Waals surface area contributed by atoms with Crippen molar-refractivity contribution >= 4 is 0 Å². The average Bonchev–Trinajstić information content (AvgIpc) is 2.24. The third-order valence-corrected chi connectivity index (χ3v) is 3.28. The van der Waals surface area contributed by atoms with Crippen LogP contribution in [0.4, 0.5) is 0 Å². The molecule has 1 aliphatic rings. The second-order valence-electron chi connectivity index (χ2n) is 4.56. The molecule has 3 atom stereocenters. The molecule has 0 spiro atoms. The van der Waals surface area contributed by atoms with Gasteiger partial charge in [-0.3, -0.25) is 0 Å². The number of hydrogen-bond donors (Lipinski definition) is 2. The Kier molecular flexibility index (Phi) is 5.67. The molecule has 1 saturated carbocycles.